The molecule has 0 saturated carbocycles. The second-order valence-corrected chi connectivity index (χ2v) is 7.42. The number of thiocarbonyl (C=S) groups is 1. The van der Waals surface area contributed by atoms with Gasteiger partial charge in [-0.3, -0.25) is 19.8 Å². The van der Waals surface area contributed by atoms with Crippen LogP contribution < -0.4 is 19.7 Å². The molecule has 8 heteroatoms. The monoisotopic (exact) mass is 444 g/mol. The van der Waals surface area contributed by atoms with E-state index in [-0.39, 0.29) is 16.8 Å². The Morgan fingerprint density at radius 2 is 1.93 bits per heavy atom. The number of hydrogen-bond acceptors (Lipinski definition) is 5. The highest BCUT2D eigenvalue weighted by atomic mass is 35.5. The summed E-state index contributed by atoms with van der Waals surface area (Å²) in [5.41, 5.74) is 0.840. The lowest BCUT2D eigenvalue weighted by Gasteiger charge is -2.29. The van der Waals surface area contributed by atoms with Gasteiger partial charge in [-0.2, -0.15) is 0 Å². The molecule has 0 unspecified atom stereocenters. The lowest BCUT2D eigenvalue weighted by molar-refractivity contribution is -0.122. The van der Waals surface area contributed by atoms with Gasteiger partial charge in [0.25, 0.3) is 11.8 Å². The number of rotatable bonds is 6. The van der Waals surface area contributed by atoms with Crippen LogP contribution in [0.2, 0.25) is 5.02 Å². The lowest BCUT2D eigenvalue weighted by Crippen LogP contribution is -2.54. The predicted molar refractivity (Wildman–Crippen MR) is 121 cm³/mol. The molecule has 3 rings (SSSR count). The van der Waals surface area contributed by atoms with Crippen molar-refractivity contribution in [2.24, 2.45) is 0 Å². The summed E-state index contributed by atoms with van der Waals surface area (Å²) in [6.45, 7) is 3.93. The maximum absolute atomic E-state index is 13.2. The molecule has 6 nitrogen and oxygen atoms in total. The van der Waals surface area contributed by atoms with Gasteiger partial charge in [-0.25, -0.2) is 0 Å². The van der Waals surface area contributed by atoms with Crippen LogP contribution in [0.3, 0.4) is 0 Å². The number of nitrogens with zero attached hydrogens (tertiary/aromatic N) is 1. The van der Waals surface area contributed by atoms with Crippen molar-refractivity contribution in [3.05, 3.63) is 58.6 Å². The molecule has 1 atom stereocenters. The molecule has 1 aliphatic rings. The molecular weight excluding hydrogens is 424 g/mol. The van der Waals surface area contributed by atoms with Gasteiger partial charge in [0.1, 0.15) is 5.57 Å². The van der Waals surface area contributed by atoms with E-state index in [0.717, 1.165) is 6.42 Å². The first kappa shape index (κ1) is 21.8. The van der Waals surface area contributed by atoms with Gasteiger partial charge in [0.05, 0.1) is 23.9 Å². The Morgan fingerprint density at radius 1 is 1.20 bits per heavy atom. The third kappa shape index (κ3) is 4.32. The number of hydrogen-bond donors (Lipinski definition) is 1. The van der Waals surface area contributed by atoms with Gasteiger partial charge in [-0.15, -0.1) is 0 Å². The van der Waals surface area contributed by atoms with Crippen LogP contribution in [0.4, 0.5) is 5.69 Å². The fourth-order valence-corrected chi connectivity index (χ4v) is 3.38. The number of ether oxygens (including phenoxy) is 2. The zero-order valence-corrected chi connectivity index (χ0v) is 18.3. The largest absolute Gasteiger partial charge is 0.493 e. The minimum atomic E-state index is -0.592. The molecule has 0 radical (unpaired) electrons. The molecule has 0 aromatic heterocycles. The molecular formula is C22H21ClN2O4S. The zero-order valence-electron chi connectivity index (χ0n) is 16.8. The van der Waals surface area contributed by atoms with E-state index in [2.05, 4.69) is 5.32 Å². The average Bonchev–Trinajstić information content (AvgIpc) is 2.73. The van der Waals surface area contributed by atoms with Crippen LogP contribution in [0.25, 0.3) is 6.08 Å². The van der Waals surface area contributed by atoms with E-state index in [4.69, 9.17) is 33.3 Å². The van der Waals surface area contributed by atoms with E-state index in [9.17, 15) is 9.59 Å². The second kappa shape index (κ2) is 9.28. The predicted octanol–water partition coefficient (Wildman–Crippen LogP) is 4.36. The Balaban J connectivity index is 2.08. The molecule has 1 saturated heterocycles. The van der Waals surface area contributed by atoms with Crippen molar-refractivity contribution in [2.75, 3.05) is 12.0 Å². The third-order valence-electron chi connectivity index (χ3n) is 4.62. The van der Waals surface area contributed by atoms with Crippen molar-refractivity contribution in [3.63, 3.8) is 0 Å². The second-order valence-electron chi connectivity index (χ2n) is 6.62. The average molecular weight is 445 g/mol. The summed E-state index contributed by atoms with van der Waals surface area (Å²) in [7, 11) is 1.53. The highest BCUT2D eigenvalue weighted by molar-refractivity contribution is 7.80. The Bertz CT molecular complexity index is 1040. The summed E-state index contributed by atoms with van der Waals surface area (Å²) in [4.78, 5) is 27.0. The van der Waals surface area contributed by atoms with Crippen molar-refractivity contribution >= 4 is 52.5 Å². The van der Waals surface area contributed by atoms with Crippen molar-refractivity contribution < 1.29 is 19.1 Å². The number of nitrogens with one attached hydrogen (secondary N) is 1. The number of halogens is 1. The summed E-state index contributed by atoms with van der Waals surface area (Å²) in [5, 5.41) is 2.86. The summed E-state index contributed by atoms with van der Waals surface area (Å²) < 4.78 is 11.4. The van der Waals surface area contributed by atoms with Crippen LogP contribution in [-0.2, 0) is 9.59 Å². The van der Waals surface area contributed by atoms with Crippen LogP contribution >= 0.6 is 23.8 Å². The first-order chi connectivity index (χ1) is 14.4. The Kier molecular flexibility index (Phi) is 6.74. The number of methoxy groups -OCH3 is 1. The van der Waals surface area contributed by atoms with Crippen molar-refractivity contribution in [1.82, 2.24) is 5.32 Å². The van der Waals surface area contributed by atoms with E-state index in [1.807, 2.05) is 13.8 Å². The van der Waals surface area contributed by atoms with E-state index < -0.39 is 11.8 Å². The molecule has 2 aromatic carbocycles. The Hall–Kier alpha value is -2.90. The van der Waals surface area contributed by atoms with Crippen LogP contribution in [0.1, 0.15) is 25.8 Å². The van der Waals surface area contributed by atoms with Gasteiger partial charge in [-0.1, -0.05) is 42.8 Å². The Morgan fingerprint density at radius 3 is 2.60 bits per heavy atom. The molecule has 0 spiro atoms. The van der Waals surface area contributed by atoms with Crippen molar-refractivity contribution in [2.45, 2.75) is 26.4 Å². The molecule has 1 N–H and O–H groups in total. The molecule has 1 fully saturated rings. The first-order valence-electron chi connectivity index (χ1n) is 9.37. The molecule has 30 heavy (non-hydrogen) atoms. The zero-order chi connectivity index (χ0) is 21.8. The Labute approximate surface area is 185 Å². The molecule has 2 aromatic rings. The van der Waals surface area contributed by atoms with Gasteiger partial charge in [0.15, 0.2) is 16.6 Å². The van der Waals surface area contributed by atoms with Crippen LogP contribution in [0, 0.1) is 0 Å². The van der Waals surface area contributed by atoms with Crippen LogP contribution in [0.5, 0.6) is 11.5 Å². The highest BCUT2D eigenvalue weighted by Gasteiger charge is 2.35. The number of anilines is 1. The smallest absolute Gasteiger partial charge is 0.270 e. The maximum Gasteiger partial charge on any atom is 0.270 e. The summed E-state index contributed by atoms with van der Waals surface area (Å²) in [6, 6.07) is 12.0. The quantitative estimate of drug-likeness (QED) is 0.407. The lowest BCUT2D eigenvalue weighted by atomic mass is 10.1. The van der Waals surface area contributed by atoms with Gasteiger partial charge in [0.2, 0.25) is 0 Å². The summed E-state index contributed by atoms with van der Waals surface area (Å²) in [6.07, 6.45) is 2.17. The van der Waals surface area contributed by atoms with Crippen molar-refractivity contribution in [3.8, 4) is 11.5 Å². The molecule has 1 aliphatic heterocycles. The van der Waals surface area contributed by atoms with Crippen LogP contribution in [0.15, 0.2) is 48.0 Å². The van der Waals surface area contributed by atoms with Gasteiger partial charge < -0.3 is 9.47 Å². The van der Waals surface area contributed by atoms with E-state index in [1.165, 1.54) is 18.1 Å². The minimum absolute atomic E-state index is 0.0306. The molecule has 2 amide bonds. The standard InChI is InChI=1S/C22H21ClN2O4S/c1-4-13(2)29-19-14(8-7-11-18(19)28-3)12-15-20(26)24-22(30)25(21(15)27)17-10-6-5-9-16(17)23/h5-13H,4H2,1-3H3,(H,24,26,30)/b15-12+/t13-/m0/s1. The SMILES string of the molecule is CC[C@H](C)Oc1c(/C=C2\C(=O)NC(=S)N(c3ccccc3Cl)C2=O)cccc1OC. The fraction of sp³-hybridized carbons (Fsp3) is 0.227. The van der Waals surface area contributed by atoms with E-state index in [1.54, 1.807) is 42.5 Å². The van der Waals surface area contributed by atoms with Crippen molar-refractivity contribution in [1.29, 1.82) is 0 Å². The number of amides is 2. The normalized spacial score (nSPS) is 16.5. The number of para-hydroxylation sites is 2. The van der Waals surface area contributed by atoms with E-state index >= 15 is 0 Å². The number of benzene rings is 2. The summed E-state index contributed by atoms with van der Waals surface area (Å²) >= 11 is 11.5. The molecule has 156 valence electrons. The molecule has 1 heterocycles. The number of carbonyl (C=O) groups is 2. The topological polar surface area (TPSA) is 67.9 Å². The molecule has 0 aliphatic carbocycles. The van der Waals surface area contributed by atoms with Gasteiger partial charge >= 0.3 is 0 Å². The number of carbonyl (C=O) groups excluding carboxylic acids is 2. The third-order valence-corrected chi connectivity index (χ3v) is 5.22. The molecule has 0 bridgehead atoms. The summed E-state index contributed by atoms with van der Waals surface area (Å²) in [5.74, 6) is -0.202. The first-order valence-corrected chi connectivity index (χ1v) is 10.2. The van der Waals surface area contributed by atoms with E-state index in [0.29, 0.717) is 27.8 Å². The van der Waals surface area contributed by atoms with Gasteiger partial charge in [0, 0.05) is 5.56 Å². The maximum atomic E-state index is 13.2. The fourth-order valence-electron chi connectivity index (χ4n) is 2.88. The highest BCUT2D eigenvalue weighted by Crippen LogP contribution is 2.35. The van der Waals surface area contributed by atoms with Crippen LogP contribution in [-0.4, -0.2) is 30.1 Å². The minimum Gasteiger partial charge on any atom is -0.493 e. The van der Waals surface area contributed by atoms with Gasteiger partial charge in [-0.05, 0) is 49.8 Å².